The summed E-state index contributed by atoms with van der Waals surface area (Å²) in [5.41, 5.74) is 1.09. The SMILES string of the molecule is COc1cc(-n2[nH]c(C)cc2=O)ccc1F. The van der Waals surface area contributed by atoms with Crippen LogP contribution in [0.3, 0.4) is 0 Å². The summed E-state index contributed by atoms with van der Waals surface area (Å²) >= 11 is 0. The molecule has 0 atom stereocenters. The van der Waals surface area contributed by atoms with E-state index >= 15 is 0 Å². The summed E-state index contributed by atoms with van der Waals surface area (Å²) in [6.45, 7) is 1.78. The van der Waals surface area contributed by atoms with Gasteiger partial charge in [-0.15, -0.1) is 0 Å². The topological polar surface area (TPSA) is 47.0 Å². The Balaban J connectivity index is 2.56. The molecule has 16 heavy (non-hydrogen) atoms. The fourth-order valence-corrected chi connectivity index (χ4v) is 1.49. The molecular weight excluding hydrogens is 211 g/mol. The number of halogens is 1. The highest BCUT2D eigenvalue weighted by Gasteiger charge is 2.07. The number of benzene rings is 1. The number of nitrogens with one attached hydrogen (secondary N) is 1. The fraction of sp³-hybridized carbons (Fsp3) is 0.182. The van der Waals surface area contributed by atoms with Crippen LogP contribution < -0.4 is 10.3 Å². The second kappa shape index (κ2) is 3.84. The van der Waals surface area contributed by atoms with Crippen molar-refractivity contribution < 1.29 is 9.13 Å². The zero-order valence-corrected chi connectivity index (χ0v) is 8.95. The normalized spacial score (nSPS) is 10.4. The van der Waals surface area contributed by atoms with Crippen molar-refractivity contribution in [2.24, 2.45) is 0 Å². The van der Waals surface area contributed by atoms with E-state index in [1.54, 1.807) is 6.92 Å². The lowest BCUT2D eigenvalue weighted by atomic mass is 10.3. The first kappa shape index (κ1) is 10.5. The van der Waals surface area contributed by atoms with E-state index in [4.69, 9.17) is 4.74 Å². The number of nitrogens with zero attached hydrogens (tertiary/aromatic N) is 1. The van der Waals surface area contributed by atoms with Gasteiger partial charge in [0, 0.05) is 17.8 Å². The summed E-state index contributed by atoms with van der Waals surface area (Å²) in [5, 5.41) is 2.86. The maximum atomic E-state index is 13.2. The van der Waals surface area contributed by atoms with Gasteiger partial charge >= 0.3 is 0 Å². The molecule has 0 saturated heterocycles. The molecule has 0 fully saturated rings. The largest absolute Gasteiger partial charge is 0.494 e. The number of aromatic amines is 1. The predicted octanol–water partition coefficient (Wildman–Crippen LogP) is 1.62. The summed E-state index contributed by atoms with van der Waals surface area (Å²) in [5.74, 6) is -0.348. The van der Waals surface area contributed by atoms with E-state index in [0.717, 1.165) is 5.69 Å². The molecule has 1 N–H and O–H groups in total. The van der Waals surface area contributed by atoms with Crippen molar-refractivity contribution in [2.75, 3.05) is 7.11 Å². The number of ether oxygens (including phenoxy) is 1. The lowest BCUT2D eigenvalue weighted by Gasteiger charge is -2.05. The van der Waals surface area contributed by atoms with Gasteiger partial charge in [0.25, 0.3) is 5.56 Å². The second-order valence-corrected chi connectivity index (χ2v) is 3.43. The lowest BCUT2D eigenvalue weighted by molar-refractivity contribution is 0.386. The molecule has 0 spiro atoms. The van der Waals surface area contributed by atoms with E-state index < -0.39 is 5.82 Å². The van der Waals surface area contributed by atoms with Gasteiger partial charge in [-0.05, 0) is 19.1 Å². The molecule has 1 aromatic carbocycles. The van der Waals surface area contributed by atoms with Gasteiger partial charge in [0.15, 0.2) is 11.6 Å². The molecule has 1 aromatic heterocycles. The molecule has 2 aromatic rings. The maximum Gasteiger partial charge on any atom is 0.271 e. The van der Waals surface area contributed by atoms with E-state index in [0.29, 0.717) is 5.69 Å². The van der Waals surface area contributed by atoms with Crippen molar-refractivity contribution in [3.05, 3.63) is 46.1 Å². The van der Waals surface area contributed by atoms with Gasteiger partial charge in [0.2, 0.25) is 0 Å². The van der Waals surface area contributed by atoms with Gasteiger partial charge in [-0.25, -0.2) is 9.07 Å². The first-order valence-corrected chi connectivity index (χ1v) is 4.74. The Labute approximate surface area is 91.3 Å². The monoisotopic (exact) mass is 222 g/mol. The molecule has 0 radical (unpaired) electrons. The van der Waals surface area contributed by atoms with Crippen molar-refractivity contribution in [1.82, 2.24) is 9.78 Å². The molecule has 0 aliphatic heterocycles. The molecule has 0 bridgehead atoms. The van der Waals surface area contributed by atoms with Crippen LogP contribution >= 0.6 is 0 Å². The van der Waals surface area contributed by atoms with Crippen molar-refractivity contribution in [3.8, 4) is 11.4 Å². The number of H-pyrrole nitrogens is 1. The van der Waals surface area contributed by atoms with Gasteiger partial charge in [-0.1, -0.05) is 0 Å². The summed E-state index contributed by atoms with van der Waals surface area (Å²) in [6.07, 6.45) is 0. The molecule has 84 valence electrons. The van der Waals surface area contributed by atoms with Gasteiger partial charge in [-0.2, -0.15) is 0 Å². The summed E-state index contributed by atoms with van der Waals surface area (Å²) in [6, 6.07) is 5.70. The quantitative estimate of drug-likeness (QED) is 0.839. The number of aryl methyl sites for hydroxylation is 1. The van der Waals surface area contributed by atoms with Crippen LogP contribution in [0.4, 0.5) is 4.39 Å². The molecule has 1 heterocycles. The predicted molar refractivity (Wildman–Crippen MR) is 57.6 cm³/mol. The lowest BCUT2D eigenvalue weighted by Crippen LogP contribution is -2.13. The minimum atomic E-state index is -0.456. The van der Waals surface area contributed by atoms with Crippen LogP contribution in [0.5, 0.6) is 5.75 Å². The molecule has 0 saturated carbocycles. The molecule has 0 amide bonds. The van der Waals surface area contributed by atoms with E-state index in [9.17, 15) is 9.18 Å². The Kier molecular flexibility index (Phi) is 2.52. The molecule has 0 aliphatic rings. The third-order valence-electron chi connectivity index (χ3n) is 2.24. The number of methoxy groups -OCH3 is 1. The molecule has 5 heteroatoms. The minimum absolute atomic E-state index is 0.108. The zero-order valence-electron chi connectivity index (χ0n) is 8.95. The van der Waals surface area contributed by atoms with Gasteiger partial charge in [-0.3, -0.25) is 9.89 Å². The Morgan fingerprint density at radius 1 is 1.38 bits per heavy atom. The van der Waals surface area contributed by atoms with E-state index in [2.05, 4.69) is 5.10 Å². The molecular formula is C11H11FN2O2. The number of aromatic nitrogens is 2. The van der Waals surface area contributed by atoms with Crippen LogP contribution in [0.2, 0.25) is 0 Å². The summed E-state index contributed by atoms with van der Waals surface area (Å²) in [7, 11) is 1.38. The fourth-order valence-electron chi connectivity index (χ4n) is 1.49. The van der Waals surface area contributed by atoms with Crippen LogP contribution in [0.15, 0.2) is 29.1 Å². The average molecular weight is 222 g/mol. The van der Waals surface area contributed by atoms with Crippen molar-refractivity contribution in [2.45, 2.75) is 6.92 Å². The third-order valence-corrected chi connectivity index (χ3v) is 2.24. The molecule has 2 rings (SSSR count). The maximum absolute atomic E-state index is 13.2. The third kappa shape index (κ3) is 1.71. The summed E-state index contributed by atoms with van der Waals surface area (Å²) in [4.78, 5) is 11.5. The standard InChI is InChI=1S/C11H11FN2O2/c1-7-5-11(15)14(13-7)8-3-4-9(12)10(6-8)16-2/h3-6,13H,1-2H3. The van der Waals surface area contributed by atoms with Crippen molar-refractivity contribution >= 4 is 0 Å². The Morgan fingerprint density at radius 3 is 2.69 bits per heavy atom. The van der Waals surface area contributed by atoms with Crippen LogP contribution in [0.1, 0.15) is 5.69 Å². The first-order valence-electron chi connectivity index (χ1n) is 4.74. The molecule has 0 unspecified atom stereocenters. The van der Waals surface area contributed by atoms with Crippen LogP contribution in [-0.4, -0.2) is 16.9 Å². The molecule has 4 nitrogen and oxygen atoms in total. The van der Waals surface area contributed by atoms with Crippen LogP contribution in [-0.2, 0) is 0 Å². The van der Waals surface area contributed by atoms with Crippen molar-refractivity contribution in [3.63, 3.8) is 0 Å². The van der Waals surface area contributed by atoms with Gasteiger partial charge < -0.3 is 4.74 Å². The minimum Gasteiger partial charge on any atom is -0.494 e. The molecule has 0 aliphatic carbocycles. The van der Waals surface area contributed by atoms with Crippen LogP contribution in [0, 0.1) is 12.7 Å². The van der Waals surface area contributed by atoms with Gasteiger partial charge in [0.05, 0.1) is 12.8 Å². The Hall–Kier alpha value is -2.04. The van der Waals surface area contributed by atoms with E-state index in [-0.39, 0.29) is 11.3 Å². The number of hydrogen-bond donors (Lipinski definition) is 1. The number of hydrogen-bond acceptors (Lipinski definition) is 2. The average Bonchev–Trinajstić information content (AvgIpc) is 2.59. The van der Waals surface area contributed by atoms with Gasteiger partial charge in [0.1, 0.15) is 0 Å². The Bertz CT molecular complexity index is 572. The highest BCUT2D eigenvalue weighted by molar-refractivity contribution is 5.39. The summed E-state index contributed by atoms with van der Waals surface area (Å²) < 4.78 is 19.3. The van der Waals surface area contributed by atoms with E-state index in [1.807, 2.05) is 0 Å². The second-order valence-electron chi connectivity index (χ2n) is 3.43. The first-order chi connectivity index (χ1) is 7.61. The van der Waals surface area contributed by atoms with E-state index in [1.165, 1.54) is 36.1 Å². The zero-order chi connectivity index (χ0) is 11.7. The van der Waals surface area contributed by atoms with Crippen molar-refractivity contribution in [1.29, 1.82) is 0 Å². The highest BCUT2D eigenvalue weighted by atomic mass is 19.1. The van der Waals surface area contributed by atoms with Crippen LogP contribution in [0.25, 0.3) is 5.69 Å². The number of rotatable bonds is 2. The Morgan fingerprint density at radius 2 is 2.12 bits per heavy atom. The highest BCUT2D eigenvalue weighted by Crippen LogP contribution is 2.19. The smallest absolute Gasteiger partial charge is 0.271 e.